The summed E-state index contributed by atoms with van der Waals surface area (Å²) in [5.74, 6) is -3.72. The molecule has 3 fully saturated rings. The minimum absolute atomic E-state index is 0.0144. The summed E-state index contributed by atoms with van der Waals surface area (Å²) in [6.45, 7) is 11.6. The Balaban J connectivity index is 2.02. The van der Waals surface area contributed by atoms with Crippen molar-refractivity contribution < 1.29 is 23.9 Å². The number of Topliss-reactive ketones (excluding diaryl/α,β-unsaturated/α-hetero) is 3. The molecule has 0 N–H and O–H groups in total. The largest absolute Gasteiger partial charge is 0.348 e. The van der Waals surface area contributed by atoms with Gasteiger partial charge in [-0.05, 0) is 52.9 Å². The highest BCUT2D eigenvalue weighted by Crippen LogP contribution is 2.69. The van der Waals surface area contributed by atoms with E-state index in [-0.39, 0.29) is 35.8 Å². The lowest BCUT2D eigenvalue weighted by atomic mass is 9.40. The molecule has 0 radical (unpaired) electrons. The highest BCUT2D eigenvalue weighted by atomic mass is 16.7. The van der Waals surface area contributed by atoms with Crippen molar-refractivity contribution >= 4 is 17.3 Å². The molecule has 2 saturated carbocycles. The van der Waals surface area contributed by atoms with Gasteiger partial charge in [-0.25, -0.2) is 0 Å². The van der Waals surface area contributed by atoms with Gasteiger partial charge in [0.15, 0.2) is 23.1 Å². The monoisotopic (exact) mass is 398 g/mol. The van der Waals surface area contributed by atoms with Crippen LogP contribution in [-0.2, 0) is 19.1 Å². The molecule has 3 aliphatic rings. The number of hydrogen-bond donors (Lipinski definition) is 0. The SMILES string of the molecule is CCO[C@@]12OC(C)(C)[C@H]3C[C@@](C)(C(=O)[C@@H]1C(=O)c1ccccc1)C(=O)[C@]2(C)[C@@H]3C. The van der Waals surface area contributed by atoms with Gasteiger partial charge < -0.3 is 9.47 Å². The van der Waals surface area contributed by atoms with Crippen molar-refractivity contribution in [3.8, 4) is 0 Å². The molecule has 0 unspecified atom stereocenters. The summed E-state index contributed by atoms with van der Waals surface area (Å²) >= 11 is 0. The molecule has 5 nitrogen and oxygen atoms in total. The normalized spacial score (nSPS) is 42.8. The molecule has 2 aliphatic carbocycles. The second kappa shape index (κ2) is 6.08. The van der Waals surface area contributed by atoms with Crippen molar-refractivity contribution in [2.45, 2.75) is 59.4 Å². The molecule has 1 heterocycles. The summed E-state index contributed by atoms with van der Waals surface area (Å²) < 4.78 is 12.8. The summed E-state index contributed by atoms with van der Waals surface area (Å²) in [5.41, 5.74) is -2.49. The molecular formula is C24H30O5. The van der Waals surface area contributed by atoms with Crippen LogP contribution in [0.1, 0.15) is 58.3 Å². The van der Waals surface area contributed by atoms with E-state index in [0.29, 0.717) is 12.0 Å². The molecule has 5 heteroatoms. The second-order valence-corrected chi connectivity index (χ2v) is 9.80. The second-order valence-electron chi connectivity index (χ2n) is 9.80. The highest BCUT2D eigenvalue weighted by Gasteiger charge is 2.81. The number of fused-ring (bicyclic) bond motifs is 2. The van der Waals surface area contributed by atoms with Gasteiger partial charge in [0.25, 0.3) is 0 Å². The van der Waals surface area contributed by atoms with Gasteiger partial charge in [0.05, 0.1) is 16.4 Å². The molecule has 0 spiro atoms. The zero-order valence-corrected chi connectivity index (χ0v) is 18.1. The van der Waals surface area contributed by atoms with Gasteiger partial charge in [-0.3, -0.25) is 14.4 Å². The van der Waals surface area contributed by atoms with Crippen molar-refractivity contribution in [2.24, 2.45) is 28.6 Å². The maximum atomic E-state index is 13.8. The lowest BCUT2D eigenvalue weighted by molar-refractivity contribution is -0.399. The molecule has 4 rings (SSSR count). The third-order valence-electron chi connectivity index (χ3n) is 8.01. The predicted octanol–water partition coefficient (Wildman–Crippen LogP) is 3.85. The quantitative estimate of drug-likeness (QED) is 0.569. The summed E-state index contributed by atoms with van der Waals surface area (Å²) in [5, 5.41) is 0. The molecule has 1 aromatic rings. The van der Waals surface area contributed by atoms with Crippen LogP contribution in [0.5, 0.6) is 0 Å². The van der Waals surface area contributed by atoms with Gasteiger partial charge in [0, 0.05) is 12.2 Å². The Labute approximate surface area is 172 Å². The first kappa shape index (κ1) is 20.4. The molecule has 1 saturated heterocycles. The lowest BCUT2D eigenvalue weighted by Gasteiger charge is -2.70. The van der Waals surface area contributed by atoms with E-state index in [1.54, 1.807) is 38.1 Å². The summed E-state index contributed by atoms with van der Waals surface area (Å²) in [6.07, 6.45) is 0.398. The molecule has 3 bridgehead atoms. The van der Waals surface area contributed by atoms with Crippen LogP contribution >= 0.6 is 0 Å². The van der Waals surface area contributed by atoms with Crippen LogP contribution in [0.15, 0.2) is 30.3 Å². The third kappa shape index (κ3) is 2.26. The predicted molar refractivity (Wildman–Crippen MR) is 107 cm³/mol. The number of rotatable bonds is 4. The van der Waals surface area contributed by atoms with Crippen LogP contribution < -0.4 is 0 Å². The maximum absolute atomic E-state index is 13.8. The third-order valence-corrected chi connectivity index (χ3v) is 8.01. The maximum Gasteiger partial charge on any atom is 0.198 e. The topological polar surface area (TPSA) is 69.7 Å². The van der Waals surface area contributed by atoms with Crippen molar-refractivity contribution in [1.82, 2.24) is 0 Å². The molecule has 1 aromatic carbocycles. The number of hydrogen-bond acceptors (Lipinski definition) is 5. The Bertz CT molecular complexity index is 890. The van der Waals surface area contributed by atoms with E-state index < -0.39 is 28.1 Å². The van der Waals surface area contributed by atoms with Gasteiger partial charge in [0.1, 0.15) is 5.92 Å². The Kier molecular flexibility index (Phi) is 4.28. The molecule has 29 heavy (non-hydrogen) atoms. The molecule has 0 aromatic heterocycles. The van der Waals surface area contributed by atoms with Crippen LogP contribution in [0.3, 0.4) is 0 Å². The van der Waals surface area contributed by atoms with E-state index in [0.717, 1.165) is 0 Å². The van der Waals surface area contributed by atoms with E-state index in [4.69, 9.17) is 9.47 Å². The fourth-order valence-electron chi connectivity index (χ4n) is 6.39. The summed E-state index contributed by atoms with van der Waals surface area (Å²) in [4.78, 5) is 41.3. The average molecular weight is 398 g/mol. The van der Waals surface area contributed by atoms with E-state index in [9.17, 15) is 14.4 Å². The Morgan fingerprint density at radius 2 is 1.76 bits per heavy atom. The molecular weight excluding hydrogens is 368 g/mol. The summed E-state index contributed by atoms with van der Waals surface area (Å²) in [6, 6.07) is 8.77. The summed E-state index contributed by atoms with van der Waals surface area (Å²) in [7, 11) is 0. The lowest BCUT2D eigenvalue weighted by Crippen LogP contribution is -2.82. The molecule has 6 atom stereocenters. The first-order valence-corrected chi connectivity index (χ1v) is 10.5. The molecule has 156 valence electrons. The first-order valence-electron chi connectivity index (χ1n) is 10.5. The number of ketones is 3. The van der Waals surface area contributed by atoms with Crippen LogP contribution in [0, 0.1) is 28.6 Å². The number of ether oxygens (including phenoxy) is 2. The van der Waals surface area contributed by atoms with Crippen molar-refractivity contribution in [3.05, 3.63) is 35.9 Å². The zero-order chi connectivity index (χ0) is 21.4. The van der Waals surface area contributed by atoms with E-state index in [1.807, 2.05) is 33.8 Å². The van der Waals surface area contributed by atoms with Gasteiger partial charge in [-0.1, -0.05) is 37.3 Å². The van der Waals surface area contributed by atoms with E-state index in [2.05, 4.69) is 0 Å². The van der Waals surface area contributed by atoms with E-state index in [1.165, 1.54) is 0 Å². The number of benzene rings is 1. The van der Waals surface area contributed by atoms with Gasteiger partial charge in [-0.2, -0.15) is 0 Å². The van der Waals surface area contributed by atoms with Gasteiger partial charge in [0.2, 0.25) is 0 Å². The van der Waals surface area contributed by atoms with Gasteiger partial charge >= 0.3 is 0 Å². The average Bonchev–Trinajstić information content (AvgIpc) is 2.67. The molecule has 1 aliphatic heterocycles. The fourth-order valence-corrected chi connectivity index (χ4v) is 6.39. The van der Waals surface area contributed by atoms with Crippen molar-refractivity contribution in [2.75, 3.05) is 6.61 Å². The minimum Gasteiger partial charge on any atom is -0.348 e. The van der Waals surface area contributed by atoms with Crippen molar-refractivity contribution in [3.63, 3.8) is 0 Å². The van der Waals surface area contributed by atoms with Crippen LogP contribution in [0.2, 0.25) is 0 Å². The molecule has 0 amide bonds. The fraction of sp³-hybridized carbons (Fsp3) is 0.625. The van der Waals surface area contributed by atoms with E-state index >= 15 is 0 Å². The number of carbonyl (C=O) groups excluding carboxylic acids is 3. The first-order chi connectivity index (χ1) is 13.5. The van der Waals surface area contributed by atoms with Crippen LogP contribution in [-0.4, -0.2) is 35.3 Å². The number of carbonyl (C=O) groups is 3. The smallest absolute Gasteiger partial charge is 0.198 e. The van der Waals surface area contributed by atoms with Crippen molar-refractivity contribution in [1.29, 1.82) is 0 Å². The Hall–Kier alpha value is -1.85. The van der Waals surface area contributed by atoms with Crippen LogP contribution in [0.25, 0.3) is 0 Å². The zero-order valence-electron chi connectivity index (χ0n) is 18.1. The standard InChI is InChI=1S/C24H30O5/c1-7-28-24-17(18(25)15-11-9-8-10-12-15)19(26)22(5)13-16(21(3,4)29-24)14(2)23(24,6)20(22)27/h8-12,14,16-17H,7,13H2,1-6H3/t14-,16+,17+,22+,23+,24-/m1/s1. The minimum atomic E-state index is -1.61. The highest BCUT2D eigenvalue weighted by molar-refractivity contribution is 6.23. The van der Waals surface area contributed by atoms with Gasteiger partial charge in [-0.15, -0.1) is 0 Å². The Morgan fingerprint density at radius 1 is 1.14 bits per heavy atom. The van der Waals surface area contributed by atoms with Crippen LogP contribution in [0.4, 0.5) is 0 Å². The Morgan fingerprint density at radius 3 is 2.34 bits per heavy atom.